The Bertz CT molecular complexity index is 656. The van der Waals surface area contributed by atoms with Crippen LogP contribution in [0.3, 0.4) is 0 Å². The fraction of sp³-hybridized carbons (Fsp3) is 0.588. The van der Waals surface area contributed by atoms with Crippen LogP contribution in [0.15, 0.2) is 29.2 Å². The Balaban J connectivity index is 0.00000312. The molecule has 1 aliphatic rings. The topological polar surface area (TPSA) is 78.5 Å². The molecule has 2 rings (SSSR count). The zero-order chi connectivity index (χ0) is 17.7. The van der Waals surface area contributed by atoms with Gasteiger partial charge in [0.25, 0.3) is 5.91 Å². The molecule has 0 aliphatic carbocycles. The van der Waals surface area contributed by atoms with E-state index in [9.17, 15) is 13.2 Å². The summed E-state index contributed by atoms with van der Waals surface area (Å²) < 4.78 is 27.1. The van der Waals surface area contributed by atoms with Crippen molar-refractivity contribution in [2.45, 2.75) is 50.1 Å². The molecular weight excluding hydrogens is 362 g/mol. The van der Waals surface area contributed by atoms with E-state index in [0.717, 1.165) is 32.4 Å². The molecule has 1 atom stereocenters. The van der Waals surface area contributed by atoms with Gasteiger partial charge in [0.1, 0.15) is 0 Å². The number of amides is 1. The average molecular weight is 390 g/mol. The first-order chi connectivity index (χ1) is 11.4. The van der Waals surface area contributed by atoms with Crippen molar-refractivity contribution in [1.29, 1.82) is 0 Å². The molecule has 0 bridgehead atoms. The smallest absolute Gasteiger partial charge is 0.253 e. The van der Waals surface area contributed by atoms with E-state index in [-0.39, 0.29) is 29.3 Å². The maximum absolute atomic E-state index is 12.5. The number of piperidine rings is 1. The van der Waals surface area contributed by atoms with Crippen LogP contribution in [-0.2, 0) is 10.0 Å². The second kappa shape index (κ2) is 9.52. The number of carbonyl (C=O) groups is 1. The Hall–Kier alpha value is -1.15. The molecule has 1 heterocycles. The minimum Gasteiger partial charge on any atom is -0.339 e. The Morgan fingerprint density at radius 3 is 2.28 bits per heavy atom. The molecule has 1 fully saturated rings. The van der Waals surface area contributed by atoms with Crippen molar-refractivity contribution in [3.05, 3.63) is 29.8 Å². The Kier molecular flexibility index (Phi) is 8.34. The molecule has 0 spiro atoms. The third kappa shape index (κ3) is 5.67. The molecule has 142 valence electrons. The van der Waals surface area contributed by atoms with Crippen LogP contribution in [-0.4, -0.2) is 51.4 Å². The first kappa shape index (κ1) is 21.9. The van der Waals surface area contributed by atoms with Gasteiger partial charge in [-0.05, 0) is 57.5 Å². The molecule has 1 aromatic carbocycles. The minimum atomic E-state index is -3.53. The van der Waals surface area contributed by atoms with Gasteiger partial charge in [-0.25, -0.2) is 13.1 Å². The summed E-state index contributed by atoms with van der Waals surface area (Å²) in [4.78, 5) is 14.5. The van der Waals surface area contributed by atoms with Crippen molar-refractivity contribution in [3.8, 4) is 0 Å². The second-order valence-corrected chi connectivity index (χ2v) is 8.02. The number of rotatable bonds is 6. The molecule has 1 unspecified atom stereocenters. The molecule has 8 heteroatoms. The van der Waals surface area contributed by atoms with E-state index in [1.807, 2.05) is 25.8 Å². The van der Waals surface area contributed by atoms with Gasteiger partial charge in [-0.2, -0.15) is 0 Å². The zero-order valence-corrected chi connectivity index (χ0v) is 16.6. The first-order valence-electron chi connectivity index (χ1n) is 8.46. The van der Waals surface area contributed by atoms with Crippen molar-refractivity contribution in [2.24, 2.45) is 0 Å². The molecule has 1 saturated heterocycles. The van der Waals surface area contributed by atoms with E-state index >= 15 is 0 Å². The van der Waals surface area contributed by atoms with Gasteiger partial charge in [0.05, 0.1) is 4.90 Å². The second-order valence-electron chi connectivity index (χ2n) is 6.31. The highest BCUT2D eigenvalue weighted by atomic mass is 35.5. The van der Waals surface area contributed by atoms with Crippen LogP contribution >= 0.6 is 12.4 Å². The summed E-state index contributed by atoms with van der Waals surface area (Å²) in [6.45, 7) is 5.19. The molecule has 2 N–H and O–H groups in total. The van der Waals surface area contributed by atoms with E-state index < -0.39 is 10.0 Å². The van der Waals surface area contributed by atoms with Crippen LogP contribution in [0.2, 0.25) is 0 Å². The number of halogens is 1. The lowest BCUT2D eigenvalue weighted by atomic mass is 10.0. The maximum Gasteiger partial charge on any atom is 0.253 e. The Morgan fingerprint density at radius 2 is 1.80 bits per heavy atom. The predicted octanol–water partition coefficient (Wildman–Crippen LogP) is 2.01. The van der Waals surface area contributed by atoms with Gasteiger partial charge in [0.15, 0.2) is 0 Å². The molecule has 0 aromatic heterocycles. The van der Waals surface area contributed by atoms with Gasteiger partial charge < -0.3 is 10.2 Å². The molecule has 0 saturated carbocycles. The van der Waals surface area contributed by atoms with Crippen LogP contribution in [0, 0.1) is 0 Å². The average Bonchev–Trinajstić information content (AvgIpc) is 2.61. The third-order valence-corrected chi connectivity index (χ3v) is 6.18. The number of nitrogens with one attached hydrogen (secondary N) is 2. The molecule has 1 aromatic rings. The molecule has 6 nitrogen and oxygen atoms in total. The molecule has 1 aliphatic heterocycles. The van der Waals surface area contributed by atoms with Crippen molar-refractivity contribution in [3.63, 3.8) is 0 Å². The van der Waals surface area contributed by atoms with Crippen LogP contribution in [0.4, 0.5) is 0 Å². The summed E-state index contributed by atoms with van der Waals surface area (Å²) in [5.41, 5.74) is 0.528. The number of benzene rings is 1. The quantitative estimate of drug-likeness (QED) is 0.780. The van der Waals surface area contributed by atoms with E-state index in [1.165, 1.54) is 12.1 Å². The van der Waals surface area contributed by atoms with Gasteiger partial charge in [-0.15, -0.1) is 12.4 Å². The maximum atomic E-state index is 12.5. The van der Waals surface area contributed by atoms with Crippen molar-refractivity contribution >= 4 is 28.3 Å². The van der Waals surface area contributed by atoms with Crippen LogP contribution in [0.5, 0.6) is 0 Å². The van der Waals surface area contributed by atoms with Gasteiger partial charge in [-0.3, -0.25) is 4.79 Å². The van der Waals surface area contributed by atoms with Crippen molar-refractivity contribution in [2.75, 3.05) is 20.1 Å². The van der Waals surface area contributed by atoms with Crippen molar-refractivity contribution in [1.82, 2.24) is 14.9 Å². The fourth-order valence-electron chi connectivity index (χ4n) is 2.75. The molecular formula is C17H28ClN3O3S. The Labute approximate surface area is 156 Å². The number of likely N-dealkylation sites (tertiary alicyclic amines) is 1. The highest BCUT2D eigenvalue weighted by molar-refractivity contribution is 7.89. The Morgan fingerprint density at radius 1 is 1.24 bits per heavy atom. The largest absolute Gasteiger partial charge is 0.339 e. The van der Waals surface area contributed by atoms with Gasteiger partial charge in [0, 0.05) is 30.7 Å². The van der Waals surface area contributed by atoms with E-state index in [1.54, 1.807) is 12.1 Å². The summed E-state index contributed by atoms with van der Waals surface area (Å²) in [7, 11) is -1.59. The number of nitrogens with zero attached hydrogens (tertiary/aromatic N) is 1. The van der Waals surface area contributed by atoms with E-state index in [2.05, 4.69) is 10.0 Å². The van der Waals surface area contributed by atoms with Gasteiger partial charge in [0.2, 0.25) is 10.0 Å². The summed E-state index contributed by atoms with van der Waals surface area (Å²) in [6.07, 6.45) is 2.60. The monoisotopic (exact) mass is 389 g/mol. The van der Waals surface area contributed by atoms with Crippen molar-refractivity contribution < 1.29 is 13.2 Å². The molecule has 0 radical (unpaired) electrons. The zero-order valence-electron chi connectivity index (χ0n) is 15.0. The number of hydrogen-bond donors (Lipinski definition) is 2. The summed E-state index contributed by atoms with van der Waals surface area (Å²) >= 11 is 0. The van der Waals surface area contributed by atoms with Crippen LogP contribution in [0.25, 0.3) is 0 Å². The number of sulfonamides is 1. The molecule has 25 heavy (non-hydrogen) atoms. The SMILES string of the molecule is CCC(C)NS(=O)(=O)c1ccc(C(=O)N2CCC(NC)CC2)cc1.Cl. The first-order valence-corrected chi connectivity index (χ1v) is 9.94. The van der Waals surface area contributed by atoms with E-state index in [4.69, 9.17) is 0 Å². The lowest BCUT2D eigenvalue weighted by Gasteiger charge is -2.31. The number of hydrogen-bond acceptors (Lipinski definition) is 4. The predicted molar refractivity (Wildman–Crippen MR) is 102 cm³/mol. The minimum absolute atomic E-state index is 0. The lowest BCUT2D eigenvalue weighted by Crippen LogP contribution is -2.43. The highest BCUT2D eigenvalue weighted by Gasteiger charge is 2.23. The summed E-state index contributed by atoms with van der Waals surface area (Å²) in [6, 6.07) is 6.53. The van der Waals surface area contributed by atoms with Gasteiger partial charge in [-0.1, -0.05) is 6.92 Å². The standard InChI is InChI=1S/C17H27N3O3S.ClH/c1-4-13(2)19-24(22,23)16-7-5-14(6-8-16)17(21)20-11-9-15(18-3)10-12-20;/h5-8,13,15,18-19H,4,9-12H2,1-3H3;1H. The van der Waals surface area contributed by atoms with Gasteiger partial charge >= 0.3 is 0 Å². The van der Waals surface area contributed by atoms with E-state index in [0.29, 0.717) is 11.6 Å². The molecule has 1 amide bonds. The summed E-state index contributed by atoms with van der Waals surface area (Å²) in [5, 5.41) is 3.24. The normalized spacial score (nSPS) is 17.0. The third-order valence-electron chi connectivity index (χ3n) is 4.57. The summed E-state index contributed by atoms with van der Waals surface area (Å²) in [5.74, 6) is -0.0385. The van der Waals surface area contributed by atoms with Crippen LogP contribution in [0.1, 0.15) is 43.5 Å². The lowest BCUT2D eigenvalue weighted by molar-refractivity contribution is 0.0707. The van der Waals surface area contributed by atoms with Crippen LogP contribution < -0.4 is 10.0 Å². The number of carbonyl (C=O) groups excluding carboxylic acids is 1. The highest BCUT2D eigenvalue weighted by Crippen LogP contribution is 2.16. The fourth-order valence-corrected chi connectivity index (χ4v) is 4.07.